The van der Waals surface area contributed by atoms with Crippen molar-refractivity contribution in [2.24, 2.45) is 5.92 Å². The van der Waals surface area contributed by atoms with Crippen LogP contribution in [-0.2, 0) is 26.9 Å². The second kappa shape index (κ2) is 9.75. The minimum Gasteiger partial charge on any atom is -0.352 e. The number of hydrogen-bond acceptors (Lipinski definition) is 4. The third-order valence-corrected chi connectivity index (χ3v) is 6.88. The molecule has 0 aliphatic carbocycles. The van der Waals surface area contributed by atoms with Gasteiger partial charge in [0.2, 0.25) is 5.91 Å². The van der Waals surface area contributed by atoms with Gasteiger partial charge in [-0.25, -0.2) is 8.42 Å². The van der Waals surface area contributed by atoms with E-state index in [2.05, 4.69) is 5.32 Å². The van der Waals surface area contributed by atoms with Crippen LogP contribution in [0.1, 0.15) is 34.3 Å². The first-order valence-corrected chi connectivity index (χ1v) is 13.2. The monoisotopic (exact) mass is 464 g/mol. The molecule has 1 heterocycles. The summed E-state index contributed by atoms with van der Waals surface area (Å²) in [6.07, 6.45) is 2.74. The third kappa shape index (κ3) is 5.79. The predicted molar refractivity (Wildman–Crippen MR) is 129 cm³/mol. The van der Waals surface area contributed by atoms with Crippen LogP contribution in [0, 0.1) is 5.92 Å². The number of carbonyl (C=O) groups excluding carboxylic acids is 2. The number of nitrogens with one attached hydrogen (secondary N) is 1. The molecule has 1 aliphatic rings. The average molecular weight is 465 g/mol. The molecule has 6 nitrogen and oxygen atoms in total. The van der Waals surface area contributed by atoms with E-state index in [-0.39, 0.29) is 23.5 Å². The Hall–Kier alpha value is -3.19. The fourth-order valence-electron chi connectivity index (χ4n) is 4.35. The number of carbonyl (C=O) groups is 2. The standard InChI is InChI=1S/C26H28N2O4S/c1-33(31,32)18-20-13-11-19(12-14-20)16-27-25(29)22-8-5-15-28(17-22)26(30)24-10-4-7-21-6-2-3-9-23(21)24/h2-4,6-7,9-14,22H,5,8,15-18H2,1H3,(H,27,29). The van der Waals surface area contributed by atoms with Gasteiger partial charge in [0.15, 0.2) is 9.84 Å². The molecule has 7 heteroatoms. The van der Waals surface area contributed by atoms with Crippen LogP contribution in [-0.4, -0.2) is 44.5 Å². The second-order valence-corrected chi connectivity index (χ2v) is 10.9. The molecule has 1 aliphatic heterocycles. The summed E-state index contributed by atoms with van der Waals surface area (Å²) in [4.78, 5) is 27.8. The van der Waals surface area contributed by atoms with Crippen LogP contribution in [0.15, 0.2) is 66.7 Å². The largest absolute Gasteiger partial charge is 0.352 e. The lowest BCUT2D eigenvalue weighted by Gasteiger charge is -2.32. The van der Waals surface area contributed by atoms with Crippen LogP contribution in [0.5, 0.6) is 0 Å². The Labute approximate surface area is 194 Å². The zero-order valence-corrected chi connectivity index (χ0v) is 19.5. The number of likely N-dealkylation sites (tertiary alicyclic amines) is 1. The Balaban J connectivity index is 1.37. The SMILES string of the molecule is CS(=O)(=O)Cc1ccc(CNC(=O)C2CCCN(C(=O)c3cccc4ccccc34)C2)cc1. The zero-order chi connectivity index (χ0) is 23.4. The second-order valence-electron chi connectivity index (χ2n) is 8.72. The van der Waals surface area contributed by atoms with Crippen LogP contribution in [0.4, 0.5) is 0 Å². The number of sulfone groups is 1. The molecule has 0 spiro atoms. The first-order valence-electron chi connectivity index (χ1n) is 11.1. The highest BCUT2D eigenvalue weighted by atomic mass is 32.2. The molecular formula is C26H28N2O4S. The minimum absolute atomic E-state index is 0.00226. The van der Waals surface area contributed by atoms with Crippen molar-refractivity contribution in [3.63, 3.8) is 0 Å². The van der Waals surface area contributed by atoms with Crippen molar-refractivity contribution in [3.8, 4) is 0 Å². The fraction of sp³-hybridized carbons (Fsp3) is 0.308. The number of benzene rings is 3. The lowest BCUT2D eigenvalue weighted by Crippen LogP contribution is -2.45. The number of hydrogen-bond donors (Lipinski definition) is 1. The maximum Gasteiger partial charge on any atom is 0.254 e. The molecule has 0 bridgehead atoms. The van der Waals surface area contributed by atoms with Gasteiger partial charge in [0, 0.05) is 31.5 Å². The van der Waals surface area contributed by atoms with Gasteiger partial charge in [-0.1, -0.05) is 60.7 Å². The van der Waals surface area contributed by atoms with Gasteiger partial charge in [-0.05, 0) is 40.8 Å². The van der Waals surface area contributed by atoms with Gasteiger partial charge >= 0.3 is 0 Å². The predicted octanol–water partition coefficient (Wildman–Crippen LogP) is 3.55. The number of nitrogens with zero attached hydrogens (tertiary/aromatic N) is 1. The summed E-state index contributed by atoms with van der Waals surface area (Å²) in [5.74, 6) is -0.346. The summed E-state index contributed by atoms with van der Waals surface area (Å²) >= 11 is 0. The van der Waals surface area contributed by atoms with Crippen molar-refractivity contribution >= 4 is 32.4 Å². The van der Waals surface area contributed by atoms with E-state index in [1.807, 2.05) is 54.6 Å². The van der Waals surface area contributed by atoms with E-state index in [9.17, 15) is 18.0 Å². The Bertz CT molecular complexity index is 1260. The molecule has 172 valence electrons. The molecule has 0 saturated carbocycles. The van der Waals surface area contributed by atoms with Crippen molar-refractivity contribution in [1.29, 1.82) is 0 Å². The van der Waals surface area contributed by atoms with Gasteiger partial charge in [-0.2, -0.15) is 0 Å². The number of rotatable bonds is 6. The van der Waals surface area contributed by atoms with E-state index >= 15 is 0 Å². The molecule has 1 unspecified atom stereocenters. The van der Waals surface area contributed by atoms with Gasteiger partial charge in [0.1, 0.15) is 0 Å². The first-order chi connectivity index (χ1) is 15.8. The first kappa shape index (κ1) is 23.0. The Morgan fingerprint density at radius 1 is 0.970 bits per heavy atom. The number of piperidine rings is 1. The summed E-state index contributed by atoms with van der Waals surface area (Å²) in [6, 6.07) is 20.8. The van der Waals surface area contributed by atoms with Crippen molar-refractivity contribution in [1.82, 2.24) is 10.2 Å². The van der Waals surface area contributed by atoms with E-state index in [1.165, 1.54) is 6.26 Å². The number of amides is 2. The van der Waals surface area contributed by atoms with Crippen LogP contribution in [0.25, 0.3) is 10.8 Å². The fourth-order valence-corrected chi connectivity index (χ4v) is 5.15. The van der Waals surface area contributed by atoms with E-state index in [4.69, 9.17) is 0 Å². The van der Waals surface area contributed by atoms with Crippen LogP contribution in [0.2, 0.25) is 0 Å². The van der Waals surface area contributed by atoms with Gasteiger partial charge < -0.3 is 10.2 Å². The van der Waals surface area contributed by atoms with Crippen molar-refractivity contribution in [3.05, 3.63) is 83.4 Å². The molecule has 1 atom stereocenters. The van der Waals surface area contributed by atoms with Crippen LogP contribution < -0.4 is 5.32 Å². The lowest BCUT2D eigenvalue weighted by molar-refractivity contribution is -0.126. The summed E-state index contributed by atoms with van der Waals surface area (Å²) in [5.41, 5.74) is 2.30. The molecule has 3 aromatic carbocycles. The summed E-state index contributed by atoms with van der Waals surface area (Å²) in [7, 11) is -3.08. The van der Waals surface area contributed by atoms with Crippen LogP contribution >= 0.6 is 0 Å². The Morgan fingerprint density at radius 2 is 1.67 bits per heavy atom. The number of fused-ring (bicyclic) bond motifs is 1. The molecule has 0 radical (unpaired) electrons. The quantitative estimate of drug-likeness (QED) is 0.605. The van der Waals surface area contributed by atoms with Crippen molar-refractivity contribution in [2.75, 3.05) is 19.3 Å². The highest BCUT2D eigenvalue weighted by molar-refractivity contribution is 7.89. The molecule has 1 fully saturated rings. The van der Waals surface area contributed by atoms with Crippen molar-refractivity contribution in [2.45, 2.75) is 25.1 Å². The summed E-state index contributed by atoms with van der Waals surface area (Å²) in [5, 5.41) is 4.92. The van der Waals surface area contributed by atoms with E-state index in [1.54, 1.807) is 17.0 Å². The topological polar surface area (TPSA) is 83.6 Å². The molecule has 2 amide bonds. The van der Waals surface area contributed by atoms with E-state index in [0.29, 0.717) is 25.2 Å². The Kier molecular flexibility index (Phi) is 6.79. The van der Waals surface area contributed by atoms with Crippen molar-refractivity contribution < 1.29 is 18.0 Å². The molecule has 0 aromatic heterocycles. The molecule has 1 saturated heterocycles. The molecule has 33 heavy (non-hydrogen) atoms. The normalized spacial score (nSPS) is 16.5. The average Bonchev–Trinajstić information content (AvgIpc) is 2.81. The minimum atomic E-state index is -3.08. The summed E-state index contributed by atoms with van der Waals surface area (Å²) < 4.78 is 22.8. The lowest BCUT2D eigenvalue weighted by atomic mass is 9.95. The maximum absolute atomic E-state index is 13.2. The Morgan fingerprint density at radius 3 is 2.42 bits per heavy atom. The van der Waals surface area contributed by atoms with Gasteiger partial charge in [0.25, 0.3) is 5.91 Å². The molecule has 1 N–H and O–H groups in total. The molecule has 3 aromatic rings. The smallest absolute Gasteiger partial charge is 0.254 e. The van der Waals surface area contributed by atoms with E-state index < -0.39 is 9.84 Å². The highest BCUT2D eigenvalue weighted by Crippen LogP contribution is 2.24. The van der Waals surface area contributed by atoms with Crippen LogP contribution in [0.3, 0.4) is 0 Å². The van der Waals surface area contributed by atoms with Gasteiger partial charge in [0.05, 0.1) is 11.7 Å². The summed E-state index contributed by atoms with van der Waals surface area (Å²) in [6.45, 7) is 1.42. The van der Waals surface area contributed by atoms with E-state index in [0.717, 1.165) is 34.7 Å². The van der Waals surface area contributed by atoms with Gasteiger partial charge in [-0.15, -0.1) is 0 Å². The molecular weight excluding hydrogens is 436 g/mol. The van der Waals surface area contributed by atoms with Gasteiger partial charge in [-0.3, -0.25) is 9.59 Å². The molecule has 4 rings (SSSR count). The third-order valence-electron chi connectivity index (χ3n) is 6.02. The maximum atomic E-state index is 13.2. The highest BCUT2D eigenvalue weighted by Gasteiger charge is 2.29. The zero-order valence-electron chi connectivity index (χ0n) is 18.7.